The number of hydrogen-bond donors (Lipinski definition) is 0. The molecule has 0 saturated heterocycles. The van der Waals surface area contributed by atoms with E-state index in [9.17, 15) is 4.39 Å². The zero-order chi connectivity index (χ0) is 17.1. The number of ether oxygens (including phenoxy) is 1. The van der Waals surface area contributed by atoms with Gasteiger partial charge in [-0.3, -0.25) is 0 Å². The highest BCUT2D eigenvalue weighted by Gasteiger charge is 2.16. The maximum absolute atomic E-state index is 13.0. The van der Waals surface area contributed by atoms with Gasteiger partial charge in [-0.05, 0) is 44.0 Å². The Kier molecular flexibility index (Phi) is 4.60. The number of fused-ring (bicyclic) bond motifs is 1. The molecule has 0 spiro atoms. The molecule has 5 heteroatoms. The Labute approximate surface area is 140 Å². The molecular formula is C19H20FN3O. The Morgan fingerprint density at radius 3 is 2.67 bits per heavy atom. The molecule has 124 valence electrons. The molecule has 0 aliphatic rings. The minimum absolute atomic E-state index is 0.257. The van der Waals surface area contributed by atoms with Crippen LogP contribution in [0.5, 0.6) is 5.88 Å². The van der Waals surface area contributed by atoms with Crippen molar-refractivity contribution in [2.24, 2.45) is 0 Å². The van der Waals surface area contributed by atoms with E-state index in [1.54, 1.807) is 18.3 Å². The third-order valence-corrected chi connectivity index (χ3v) is 4.23. The zero-order valence-electron chi connectivity index (χ0n) is 14.1. The Morgan fingerprint density at radius 1 is 1.21 bits per heavy atom. The molecule has 0 atom stereocenters. The van der Waals surface area contributed by atoms with E-state index in [-0.39, 0.29) is 5.82 Å². The van der Waals surface area contributed by atoms with Crippen LogP contribution in [-0.4, -0.2) is 14.8 Å². The van der Waals surface area contributed by atoms with Crippen LogP contribution in [0.4, 0.5) is 4.39 Å². The summed E-state index contributed by atoms with van der Waals surface area (Å²) in [5.41, 5.74) is 4.18. The van der Waals surface area contributed by atoms with Gasteiger partial charge in [-0.15, -0.1) is 5.10 Å². The van der Waals surface area contributed by atoms with Crippen molar-refractivity contribution in [1.82, 2.24) is 14.8 Å². The Bertz CT molecular complexity index is 882. The second-order valence-corrected chi connectivity index (χ2v) is 5.72. The summed E-state index contributed by atoms with van der Waals surface area (Å²) >= 11 is 0. The quantitative estimate of drug-likeness (QED) is 0.655. The molecule has 0 fully saturated rings. The molecule has 4 nitrogen and oxygen atoms in total. The average Bonchev–Trinajstić information content (AvgIpc) is 2.84. The van der Waals surface area contributed by atoms with Crippen LogP contribution in [0.25, 0.3) is 10.9 Å². The number of aromatic nitrogens is 3. The molecule has 0 amide bonds. The molecule has 2 aromatic heterocycles. The van der Waals surface area contributed by atoms with Crippen LogP contribution >= 0.6 is 0 Å². The van der Waals surface area contributed by atoms with Gasteiger partial charge in [0.1, 0.15) is 17.9 Å². The Morgan fingerprint density at radius 2 is 1.96 bits per heavy atom. The minimum atomic E-state index is -0.257. The summed E-state index contributed by atoms with van der Waals surface area (Å²) in [6, 6.07) is 6.26. The molecule has 0 radical (unpaired) electrons. The first-order chi connectivity index (χ1) is 11.6. The third kappa shape index (κ3) is 3.02. The van der Waals surface area contributed by atoms with Crippen molar-refractivity contribution < 1.29 is 9.13 Å². The second kappa shape index (κ2) is 6.83. The third-order valence-electron chi connectivity index (χ3n) is 4.23. The SMILES string of the molecule is CC=CCn1c(C)c(C)c2cnnc(OCc3ccc(F)cc3)c21. The highest BCUT2D eigenvalue weighted by molar-refractivity contribution is 5.88. The fourth-order valence-corrected chi connectivity index (χ4v) is 2.73. The number of hydrogen-bond acceptors (Lipinski definition) is 3. The molecular weight excluding hydrogens is 305 g/mol. The number of benzene rings is 1. The Hall–Kier alpha value is -2.69. The van der Waals surface area contributed by atoms with Gasteiger partial charge in [-0.25, -0.2) is 4.39 Å². The van der Waals surface area contributed by atoms with Crippen molar-refractivity contribution in [3.63, 3.8) is 0 Å². The molecule has 2 heterocycles. The van der Waals surface area contributed by atoms with E-state index < -0.39 is 0 Å². The van der Waals surface area contributed by atoms with Crippen LogP contribution in [0.15, 0.2) is 42.6 Å². The van der Waals surface area contributed by atoms with Crippen LogP contribution < -0.4 is 4.74 Å². The number of rotatable bonds is 5. The van der Waals surface area contributed by atoms with Gasteiger partial charge in [0.2, 0.25) is 0 Å². The number of halogens is 1. The molecule has 3 aromatic rings. The van der Waals surface area contributed by atoms with Gasteiger partial charge >= 0.3 is 0 Å². The second-order valence-electron chi connectivity index (χ2n) is 5.72. The lowest BCUT2D eigenvalue weighted by molar-refractivity contribution is 0.293. The number of allylic oxidation sites excluding steroid dienone is 2. The summed E-state index contributed by atoms with van der Waals surface area (Å²) in [5.74, 6) is 0.240. The van der Waals surface area contributed by atoms with E-state index in [1.807, 2.05) is 13.0 Å². The lowest BCUT2D eigenvalue weighted by Crippen LogP contribution is -2.03. The standard InChI is InChI=1S/C19H20FN3O/c1-4-5-10-23-14(3)13(2)17-11-21-22-19(18(17)23)24-12-15-6-8-16(20)9-7-15/h4-9,11H,10,12H2,1-3H3. The molecule has 24 heavy (non-hydrogen) atoms. The van der Waals surface area contributed by atoms with E-state index in [0.717, 1.165) is 23.0 Å². The van der Waals surface area contributed by atoms with Crippen molar-refractivity contribution in [2.75, 3.05) is 0 Å². The average molecular weight is 325 g/mol. The smallest absolute Gasteiger partial charge is 0.258 e. The van der Waals surface area contributed by atoms with E-state index >= 15 is 0 Å². The van der Waals surface area contributed by atoms with Gasteiger partial charge in [0, 0.05) is 17.6 Å². The lowest BCUT2D eigenvalue weighted by Gasteiger charge is -2.10. The molecule has 0 aliphatic heterocycles. The van der Waals surface area contributed by atoms with Crippen molar-refractivity contribution >= 4 is 10.9 Å². The van der Waals surface area contributed by atoms with Crippen LogP contribution in [0.1, 0.15) is 23.7 Å². The zero-order valence-corrected chi connectivity index (χ0v) is 14.1. The van der Waals surface area contributed by atoms with Crippen LogP contribution in [0.2, 0.25) is 0 Å². The van der Waals surface area contributed by atoms with Crippen molar-refractivity contribution in [2.45, 2.75) is 33.9 Å². The molecule has 3 rings (SSSR count). The molecule has 0 unspecified atom stereocenters. The van der Waals surface area contributed by atoms with Crippen LogP contribution in [-0.2, 0) is 13.2 Å². The molecule has 0 bridgehead atoms. The fraction of sp³-hybridized carbons (Fsp3) is 0.263. The molecule has 0 N–H and O–H groups in total. The van der Waals surface area contributed by atoms with E-state index in [2.05, 4.69) is 34.7 Å². The van der Waals surface area contributed by atoms with Gasteiger partial charge in [0.05, 0.1) is 6.20 Å². The van der Waals surface area contributed by atoms with E-state index in [4.69, 9.17) is 4.74 Å². The maximum Gasteiger partial charge on any atom is 0.258 e. The van der Waals surface area contributed by atoms with Gasteiger partial charge in [-0.2, -0.15) is 5.10 Å². The largest absolute Gasteiger partial charge is 0.470 e. The van der Waals surface area contributed by atoms with Crippen molar-refractivity contribution in [1.29, 1.82) is 0 Å². The first-order valence-electron chi connectivity index (χ1n) is 7.91. The van der Waals surface area contributed by atoms with Crippen molar-refractivity contribution in [3.8, 4) is 5.88 Å². The van der Waals surface area contributed by atoms with Gasteiger partial charge in [0.25, 0.3) is 5.88 Å². The summed E-state index contributed by atoms with van der Waals surface area (Å²) < 4.78 is 21.1. The topological polar surface area (TPSA) is 39.9 Å². The fourth-order valence-electron chi connectivity index (χ4n) is 2.73. The predicted molar refractivity (Wildman–Crippen MR) is 92.5 cm³/mol. The summed E-state index contributed by atoms with van der Waals surface area (Å²) in [6.07, 6.45) is 5.89. The molecule has 0 aliphatic carbocycles. The van der Waals surface area contributed by atoms with E-state index in [1.165, 1.54) is 23.4 Å². The first-order valence-corrected chi connectivity index (χ1v) is 7.91. The van der Waals surface area contributed by atoms with Crippen LogP contribution in [0, 0.1) is 19.7 Å². The van der Waals surface area contributed by atoms with Gasteiger partial charge in [-0.1, -0.05) is 24.3 Å². The lowest BCUT2D eigenvalue weighted by atomic mass is 10.2. The highest BCUT2D eigenvalue weighted by Crippen LogP contribution is 2.30. The normalized spacial score (nSPS) is 11.5. The molecule has 1 aromatic carbocycles. The summed E-state index contributed by atoms with van der Waals surface area (Å²) in [5, 5.41) is 9.28. The first kappa shape index (κ1) is 16.2. The summed E-state index contributed by atoms with van der Waals surface area (Å²) in [4.78, 5) is 0. The minimum Gasteiger partial charge on any atom is -0.470 e. The highest BCUT2D eigenvalue weighted by atomic mass is 19.1. The molecule has 0 saturated carbocycles. The number of nitrogens with zero attached hydrogens (tertiary/aromatic N) is 3. The van der Waals surface area contributed by atoms with Crippen LogP contribution in [0.3, 0.4) is 0 Å². The Balaban J connectivity index is 1.98. The van der Waals surface area contributed by atoms with Gasteiger partial charge in [0.15, 0.2) is 0 Å². The summed E-state index contributed by atoms with van der Waals surface area (Å²) in [6.45, 7) is 7.24. The predicted octanol–water partition coefficient (Wildman–Crippen LogP) is 4.34. The van der Waals surface area contributed by atoms with E-state index in [0.29, 0.717) is 12.5 Å². The monoisotopic (exact) mass is 325 g/mol. The van der Waals surface area contributed by atoms with Gasteiger partial charge < -0.3 is 9.30 Å². The summed E-state index contributed by atoms with van der Waals surface area (Å²) in [7, 11) is 0. The maximum atomic E-state index is 13.0. The van der Waals surface area contributed by atoms with Crippen molar-refractivity contribution in [3.05, 3.63) is 65.3 Å². The number of aryl methyl sites for hydroxylation is 1.